The van der Waals surface area contributed by atoms with Gasteiger partial charge in [-0.05, 0) is 35.1 Å². The van der Waals surface area contributed by atoms with Crippen molar-refractivity contribution in [1.29, 1.82) is 0 Å². The van der Waals surface area contributed by atoms with E-state index in [2.05, 4.69) is 110 Å². The van der Waals surface area contributed by atoms with Crippen molar-refractivity contribution in [3.63, 3.8) is 0 Å². The summed E-state index contributed by atoms with van der Waals surface area (Å²) >= 11 is 1.71. The molecule has 1 amide bonds. The maximum Gasteiger partial charge on any atom is 0.226 e. The molecule has 5 rings (SSSR count). The van der Waals surface area contributed by atoms with Crippen LogP contribution in [0.5, 0.6) is 0 Å². The Morgan fingerprint density at radius 2 is 1.32 bits per heavy atom. The fourth-order valence-electron chi connectivity index (χ4n) is 5.43. The van der Waals surface area contributed by atoms with Gasteiger partial charge in [0.1, 0.15) is 0 Å². The van der Waals surface area contributed by atoms with Gasteiger partial charge < -0.3 is 15.2 Å². The molecule has 5 nitrogen and oxygen atoms in total. The van der Waals surface area contributed by atoms with Crippen molar-refractivity contribution in [2.75, 3.05) is 29.1 Å². The fourth-order valence-corrected chi connectivity index (χ4v) is 6.27. The van der Waals surface area contributed by atoms with Crippen LogP contribution in [-0.4, -0.2) is 34.7 Å². The third-order valence-electron chi connectivity index (χ3n) is 7.76. The maximum absolute atomic E-state index is 13.3. The minimum absolute atomic E-state index is 0.0413. The summed E-state index contributed by atoms with van der Waals surface area (Å²) in [4.78, 5) is 24.2. The van der Waals surface area contributed by atoms with E-state index in [0.29, 0.717) is 24.8 Å². The molecule has 0 aliphatic heterocycles. The predicted octanol–water partition coefficient (Wildman–Crippen LogP) is 9.62. The molecule has 44 heavy (non-hydrogen) atoms. The molecule has 226 valence electrons. The molecule has 5 aromatic rings. The van der Waals surface area contributed by atoms with Gasteiger partial charge in [0.15, 0.2) is 5.16 Å². The van der Waals surface area contributed by atoms with Gasteiger partial charge in [0.05, 0.1) is 11.4 Å². The number of hydrogen-bond acceptors (Lipinski definition) is 4. The van der Waals surface area contributed by atoms with E-state index < -0.39 is 0 Å². The van der Waals surface area contributed by atoms with Crippen LogP contribution in [-0.2, 0) is 4.79 Å². The lowest BCUT2D eigenvalue weighted by Crippen LogP contribution is -2.30. The number of aromatic nitrogens is 2. The molecule has 0 radical (unpaired) electrons. The first-order chi connectivity index (χ1) is 21.4. The normalized spacial score (nSPS) is 11.2. The molecule has 0 saturated heterocycles. The van der Waals surface area contributed by atoms with Crippen molar-refractivity contribution in [1.82, 2.24) is 9.97 Å². The van der Waals surface area contributed by atoms with Crippen molar-refractivity contribution in [3.8, 4) is 22.5 Å². The molecule has 0 fully saturated rings. The van der Waals surface area contributed by atoms with Gasteiger partial charge in [0, 0.05) is 47.8 Å². The lowest BCUT2D eigenvalue weighted by Gasteiger charge is -2.25. The lowest BCUT2D eigenvalue weighted by molar-refractivity contribution is -0.116. The molecule has 6 heteroatoms. The molecule has 1 aromatic heterocycles. The second-order valence-electron chi connectivity index (χ2n) is 11.6. The molecule has 4 aromatic carbocycles. The Bertz CT molecular complexity index is 1550. The Morgan fingerprint density at radius 3 is 1.91 bits per heavy atom. The molecule has 0 bridgehead atoms. The third kappa shape index (κ3) is 7.80. The highest BCUT2D eigenvalue weighted by atomic mass is 32.2. The lowest BCUT2D eigenvalue weighted by atomic mass is 9.92. The number of H-pyrrole nitrogens is 1. The SMILES string of the molecule is CC(C)c1cccc(C(C)C)c1NC(=O)CCN(CCSc1nc(-c2ccccc2)c(-c2ccccc2)[nH]1)c1ccccc1. The second-order valence-corrected chi connectivity index (χ2v) is 12.7. The molecule has 2 N–H and O–H groups in total. The minimum Gasteiger partial charge on any atom is -0.370 e. The van der Waals surface area contributed by atoms with Crippen LogP contribution in [0.4, 0.5) is 11.4 Å². The minimum atomic E-state index is 0.0413. The molecule has 0 saturated carbocycles. The highest BCUT2D eigenvalue weighted by molar-refractivity contribution is 7.99. The summed E-state index contributed by atoms with van der Waals surface area (Å²) in [7, 11) is 0. The topological polar surface area (TPSA) is 61.0 Å². The average Bonchev–Trinajstić information content (AvgIpc) is 3.48. The Labute approximate surface area is 266 Å². The smallest absolute Gasteiger partial charge is 0.226 e. The summed E-state index contributed by atoms with van der Waals surface area (Å²) < 4.78 is 0. The zero-order valence-corrected chi connectivity index (χ0v) is 26.9. The Morgan fingerprint density at radius 1 is 0.750 bits per heavy atom. The number of imidazole rings is 1. The van der Waals surface area contributed by atoms with Crippen LogP contribution in [0.25, 0.3) is 22.5 Å². The number of rotatable bonds is 13. The van der Waals surface area contributed by atoms with Gasteiger partial charge in [-0.3, -0.25) is 4.79 Å². The van der Waals surface area contributed by atoms with Crippen molar-refractivity contribution >= 4 is 29.0 Å². The number of carbonyl (C=O) groups is 1. The summed E-state index contributed by atoms with van der Waals surface area (Å²) in [6.07, 6.45) is 0.403. The van der Waals surface area contributed by atoms with Gasteiger partial charge >= 0.3 is 0 Å². The monoisotopic (exact) mass is 602 g/mol. The first kappa shape index (κ1) is 31.1. The number of nitrogens with zero attached hydrogens (tertiary/aromatic N) is 2. The van der Waals surface area contributed by atoms with Gasteiger partial charge in [0.25, 0.3) is 0 Å². The molecular weight excluding hydrogens is 561 g/mol. The number of para-hydroxylation sites is 2. The number of thioether (sulfide) groups is 1. The summed E-state index contributed by atoms with van der Waals surface area (Å²) in [6.45, 7) is 10.1. The van der Waals surface area contributed by atoms with Crippen LogP contribution >= 0.6 is 11.8 Å². The number of benzene rings is 4. The van der Waals surface area contributed by atoms with Crippen LogP contribution in [0.3, 0.4) is 0 Å². The average molecular weight is 603 g/mol. The van der Waals surface area contributed by atoms with E-state index in [1.165, 1.54) is 11.1 Å². The van der Waals surface area contributed by atoms with Crippen LogP contribution in [0.1, 0.15) is 57.1 Å². The third-order valence-corrected chi connectivity index (χ3v) is 8.61. The number of nitrogens with one attached hydrogen (secondary N) is 2. The van der Waals surface area contributed by atoms with E-state index in [9.17, 15) is 4.79 Å². The first-order valence-electron chi connectivity index (χ1n) is 15.5. The van der Waals surface area contributed by atoms with Gasteiger partial charge in [-0.2, -0.15) is 0 Å². The predicted molar refractivity (Wildman–Crippen MR) is 187 cm³/mol. The van der Waals surface area contributed by atoms with E-state index >= 15 is 0 Å². The standard InChI is InChI=1S/C38H42N4OS/c1-27(2)32-21-14-22-33(28(3)4)37(32)39-34(43)23-24-42(31-19-12-7-13-20-31)25-26-44-38-40-35(29-15-8-5-9-16-29)36(41-38)30-17-10-6-11-18-30/h5-22,27-28H,23-26H2,1-4H3,(H,39,43)(H,40,41). The van der Waals surface area contributed by atoms with Crippen molar-refractivity contribution in [2.24, 2.45) is 0 Å². The van der Waals surface area contributed by atoms with Crippen LogP contribution in [0, 0.1) is 0 Å². The molecule has 1 heterocycles. The maximum atomic E-state index is 13.3. The Hall–Kier alpha value is -4.29. The molecule has 0 aliphatic carbocycles. The molecule has 0 spiro atoms. The van der Waals surface area contributed by atoms with Crippen LogP contribution in [0.15, 0.2) is 114 Å². The highest BCUT2D eigenvalue weighted by Gasteiger charge is 2.18. The molecular formula is C38H42N4OS. The van der Waals surface area contributed by atoms with E-state index in [4.69, 9.17) is 4.98 Å². The molecule has 0 unspecified atom stereocenters. The van der Waals surface area contributed by atoms with Gasteiger partial charge in [-0.25, -0.2) is 4.98 Å². The Balaban J connectivity index is 1.28. The highest BCUT2D eigenvalue weighted by Crippen LogP contribution is 2.34. The van der Waals surface area contributed by atoms with E-state index in [1.807, 2.05) is 42.5 Å². The Kier molecular flexibility index (Phi) is 10.6. The number of anilines is 2. The summed E-state index contributed by atoms with van der Waals surface area (Å²) in [5.41, 5.74) is 8.64. The summed E-state index contributed by atoms with van der Waals surface area (Å²) in [5, 5.41) is 4.17. The zero-order valence-electron chi connectivity index (χ0n) is 26.1. The van der Waals surface area contributed by atoms with Crippen LogP contribution in [0.2, 0.25) is 0 Å². The van der Waals surface area contributed by atoms with Gasteiger partial charge in [0.2, 0.25) is 5.91 Å². The van der Waals surface area contributed by atoms with E-state index in [1.54, 1.807) is 11.8 Å². The second kappa shape index (κ2) is 14.9. The quantitative estimate of drug-likeness (QED) is 0.132. The molecule has 0 atom stereocenters. The fraction of sp³-hybridized carbons (Fsp3) is 0.263. The molecule has 0 aliphatic rings. The first-order valence-corrected chi connectivity index (χ1v) is 16.5. The van der Waals surface area contributed by atoms with Crippen molar-refractivity contribution < 1.29 is 4.79 Å². The van der Waals surface area contributed by atoms with E-state index in [0.717, 1.165) is 51.3 Å². The number of carbonyl (C=O) groups excluding carboxylic acids is 1. The van der Waals surface area contributed by atoms with Crippen LogP contribution < -0.4 is 10.2 Å². The number of hydrogen-bond donors (Lipinski definition) is 2. The summed E-state index contributed by atoms with van der Waals surface area (Å²) in [5.74, 6) is 1.52. The van der Waals surface area contributed by atoms with Crippen molar-refractivity contribution in [3.05, 3.63) is 120 Å². The number of amides is 1. The van der Waals surface area contributed by atoms with E-state index in [-0.39, 0.29) is 5.91 Å². The zero-order chi connectivity index (χ0) is 30.9. The largest absolute Gasteiger partial charge is 0.370 e. The van der Waals surface area contributed by atoms with Gasteiger partial charge in [-0.15, -0.1) is 0 Å². The number of aromatic amines is 1. The summed E-state index contributed by atoms with van der Waals surface area (Å²) in [6, 6.07) is 37.4. The van der Waals surface area contributed by atoms with Crippen molar-refractivity contribution in [2.45, 2.75) is 51.1 Å². The van der Waals surface area contributed by atoms with Gasteiger partial charge in [-0.1, -0.05) is 137 Å².